The van der Waals surface area contributed by atoms with Crippen LogP contribution in [0.15, 0.2) is 0 Å². The first-order valence-corrected chi connectivity index (χ1v) is 6.00. The summed E-state index contributed by atoms with van der Waals surface area (Å²) in [6.07, 6.45) is 2.97. The molecule has 90 valence electrons. The Hall–Kier alpha value is -0.730. The maximum atomic E-state index is 11.1. The normalized spacial score (nSPS) is 14.4. The number of ether oxygens (including phenoxy) is 1. The summed E-state index contributed by atoms with van der Waals surface area (Å²) in [6, 6.07) is 0. The Morgan fingerprint density at radius 3 is 2.47 bits per heavy atom. The van der Waals surface area contributed by atoms with E-state index in [1.54, 1.807) is 0 Å². The molecule has 0 saturated carbocycles. The summed E-state index contributed by atoms with van der Waals surface area (Å²) in [5.74, 6) is 1.16. The molecule has 3 heteroatoms. The minimum atomic E-state index is -0.284. The SMILES string of the molecule is CCCNC(=O)OCC(C)CC(C)CC. The number of amides is 1. The Balaban J connectivity index is 3.52. The number of carbonyl (C=O) groups is 1. The summed E-state index contributed by atoms with van der Waals surface area (Å²) in [5.41, 5.74) is 0. The lowest BCUT2D eigenvalue weighted by Gasteiger charge is -2.15. The fourth-order valence-electron chi connectivity index (χ4n) is 1.42. The van der Waals surface area contributed by atoms with Gasteiger partial charge in [-0.15, -0.1) is 0 Å². The largest absolute Gasteiger partial charge is 0.449 e. The summed E-state index contributed by atoms with van der Waals surface area (Å²) in [7, 11) is 0. The molecular formula is C12H25NO2. The lowest BCUT2D eigenvalue weighted by molar-refractivity contribution is 0.124. The van der Waals surface area contributed by atoms with Gasteiger partial charge in [-0.25, -0.2) is 4.79 Å². The second-order valence-corrected chi connectivity index (χ2v) is 4.38. The van der Waals surface area contributed by atoms with Crippen molar-refractivity contribution >= 4 is 6.09 Å². The molecule has 0 bridgehead atoms. The Kier molecular flexibility index (Phi) is 8.15. The molecular weight excluding hydrogens is 190 g/mol. The number of carbonyl (C=O) groups excluding carboxylic acids is 1. The molecule has 0 radical (unpaired) electrons. The van der Waals surface area contributed by atoms with Crippen LogP contribution in [-0.2, 0) is 4.74 Å². The maximum Gasteiger partial charge on any atom is 0.407 e. The molecule has 0 fully saturated rings. The summed E-state index contributed by atoms with van der Waals surface area (Å²) >= 11 is 0. The molecule has 0 heterocycles. The number of rotatable bonds is 7. The van der Waals surface area contributed by atoms with E-state index >= 15 is 0 Å². The van der Waals surface area contributed by atoms with E-state index in [0.717, 1.165) is 12.8 Å². The van der Waals surface area contributed by atoms with Crippen LogP contribution in [0.25, 0.3) is 0 Å². The van der Waals surface area contributed by atoms with Crippen LogP contribution in [0.1, 0.15) is 47.0 Å². The van der Waals surface area contributed by atoms with Crippen LogP contribution in [0, 0.1) is 11.8 Å². The molecule has 1 N–H and O–H groups in total. The zero-order valence-electron chi connectivity index (χ0n) is 10.5. The van der Waals surface area contributed by atoms with E-state index in [9.17, 15) is 4.79 Å². The van der Waals surface area contributed by atoms with E-state index in [1.807, 2.05) is 6.92 Å². The van der Waals surface area contributed by atoms with Crippen molar-refractivity contribution in [3.63, 3.8) is 0 Å². The third kappa shape index (κ3) is 8.28. The quantitative estimate of drug-likeness (QED) is 0.708. The monoisotopic (exact) mass is 215 g/mol. The van der Waals surface area contributed by atoms with Crippen molar-refractivity contribution in [1.82, 2.24) is 5.32 Å². The standard InChI is InChI=1S/C12H25NO2/c1-5-7-13-12(14)15-9-11(4)8-10(3)6-2/h10-11H,5-9H2,1-4H3,(H,13,14). The van der Waals surface area contributed by atoms with Crippen LogP contribution in [-0.4, -0.2) is 19.2 Å². The van der Waals surface area contributed by atoms with Gasteiger partial charge in [0.25, 0.3) is 0 Å². The number of hydrogen-bond donors (Lipinski definition) is 1. The molecule has 2 atom stereocenters. The van der Waals surface area contributed by atoms with Gasteiger partial charge in [0, 0.05) is 6.54 Å². The molecule has 2 unspecified atom stereocenters. The average Bonchev–Trinajstić information content (AvgIpc) is 2.23. The van der Waals surface area contributed by atoms with Gasteiger partial charge in [-0.05, 0) is 24.7 Å². The third-order valence-electron chi connectivity index (χ3n) is 2.52. The highest BCUT2D eigenvalue weighted by atomic mass is 16.5. The second-order valence-electron chi connectivity index (χ2n) is 4.38. The third-order valence-corrected chi connectivity index (χ3v) is 2.52. The first kappa shape index (κ1) is 14.3. The number of hydrogen-bond acceptors (Lipinski definition) is 2. The molecule has 0 saturated heterocycles. The topological polar surface area (TPSA) is 38.3 Å². The Labute approximate surface area is 93.6 Å². The molecule has 0 rings (SSSR count). The van der Waals surface area contributed by atoms with Gasteiger partial charge in [0.2, 0.25) is 0 Å². The van der Waals surface area contributed by atoms with Gasteiger partial charge in [0.15, 0.2) is 0 Å². The van der Waals surface area contributed by atoms with Crippen LogP contribution in [0.2, 0.25) is 0 Å². The van der Waals surface area contributed by atoms with Gasteiger partial charge in [-0.3, -0.25) is 0 Å². The molecule has 0 aliphatic carbocycles. The minimum Gasteiger partial charge on any atom is -0.449 e. The predicted molar refractivity (Wildman–Crippen MR) is 62.9 cm³/mol. The molecule has 0 aromatic carbocycles. The molecule has 1 amide bonds. The molecule has 3 nitrogen and oxygen atoms in total. The van der Waals surface area contributed by atoms with E-state index in [0.29, 0.717) is 25.0 Å². The van der Waals surface area contributed by atoms with Gasteiger partial charge in [0.1, 0.15) is 0 Å². The summed E-state index contributed by atoms with van der Waals surface area (Å²) in [4.78, 5) is 11.1. The Bertz CT molecular complexity index is 171. The minimum absolute atomic E-state index is 0.284. The number of nitrogens with one attached hydrogen (secondary N) is 1. The van der Waals surface area contributed by atoms with E-state index < -0.39 is 0 Å². The van der Waals surface area contributed by atoms with Crippen molar-refractivity contribution in [2.24, 2.45) is 11.8 Å². The van der Waals surface area contributed by atoms with Crippen molar-refractivity contribution in [3.8, 4) is 0 Å². The van der Waals surface area contributed by atoms with Crippen LogP contribution in [0.5, 0.6) is 0 Å². The highest BCUT2D eigenvalue weighted by Crippen LogP contribution is 2.14. The Morgan fingerprint density at radius 1 is 1.27 bits per heavy atom. The molecule has 0 aromatic heterocycles. The second kappa shape index (κ2) is 8.57. The van der Waals surface area contributed by atoms with Crippen LogP contribution in [0.4, 0.5) is 4.79 Å². The van der Waals surface area contributed by atoms with Gasteiger partial charge in [0.05, 0.1) is 6.61 Å². The zero-order chi connectivity index (χ0) is 11.7. The maximum absolute atomic E-state index is 11.1. The first-order valence-electron chi connectivity index (χ1n) is 6.00. The fourth-order valence-corrected chi connectivity index (χ4v) is 1.42. The van der Waals surface area contributed by atoms with E-state index in [1.165, 1.54) is 6.42 Å². The molecule has 0 aromatic rings. The van der Waals surface area contributed by atoms with Gasteiger partial charge >= 0.3 is 6.09 Å². The molecule has 0 spiro atoms. The van der Waals surface area contributed by atoms with Gasteiger partial charge in [-0.2, -0.15) is 0 Å². The van der Waals surface area contributed by atoms with E-state index in [2.05, 4.69) is 26.1 Å². The molecule has 0 aliphatic heterocycles. The zero-order valence-corrected chi connectivity index (χ0v) is 10.5. The van der Waals surface area contributed by atoms with Gasteiger partial charge in [-0.1, -0.05) is 34.1 Å². The summed E-state index contributed by atoms with van der Waals surface area (Å²) < 4.78 is 5.10. The van der Waals surface area contributed by atoms with Crippen molar-refractivity contribution in [2.45, 2.75) is 47.0 Å². The average molecular weight is 215 g/mol. The molecule has 0 aliphatic rings. The lowest BCUT2D eigenvalue weighted by atomic mass is 9.96. The van der Waals surface area contributed by atoms with Crippen LogP contribution >= 0.6 is 0 Å². The number of alkyl carbamates (subject to hydrolysis) is 1. The van der Waals surface area contributed by atoms with Gasteiger partial charge < -0.3 is 10.1 Å². The van der Waals surface area contributed by atoms with Crippen molar-refractivity contribution in [1.29, 1.82) is 0 Å². The van der Waals surface area contributed by atoms with Crippen LogP contribution < -0.4 is 5.32 Å². The van der Waals surface area contributed by atoms with Crippen molar-refractivity contribution in [3.05, 3.63) is 0 Å². The smallest absolute Gasteiger partial charge is 0.407 e. The lowest BCUT2D eigenvalue weighted by Crippen LogP contribution is -2.26. The van der Waals surface area contributed by atoms with E-state index in [4.69, 9.17) is 4.74 Å². The highest BCUT2D eigenvalue weighted by molar-refractivity contribution is 5.66. The fraction of sp³-hybridized carbons (Fsp3) is 0.917. The predicted octanol–water partition coefficient (Wildman–Crippen LogP) is 3.19. The summed E-state index contributed by atoms with van der Waals surface area (Å²) in [6.45, 7) is 9.78. The van der Waals surface area contributed by atoms with Crippen LogP contribution in [0.3, 0.4) is 0 Å². The van der Waals surface area contributed by atoms with E-state index in [-0.39, 0.29) is 6.09 Å². The van der Waals surface area contributed by atoms with Crippen molar-refractivity contribution < 1.29 is 9.53 Å². The Morgan fingerprint density at radius 2 is 1.93 bits per heavy atom. The highest BCUT2D eigenvalue weighted by Gasteiger charge is 2.09. The van der Waals surface area contributed by atoms with Crippen molar-refractivity contribution in [2.75, 3.05) is 13.2 Å². The summed E-state index contributed by atoms with van der Waals surface area (Å²) in [5, 5.41) is 2.69. The molecule has 15 heavy (non-hydrogen) atoms. The first-order chi connectivity index (χ1) is 7.10.